The van der Waals surface area contributed by atoms with Crippen LogP contribution in [0.1, 0.15) is 26.7 Å². The van der Waals surface area contributed by atoms with E-state index in [9.17, 15) is 9.59 Å². The first-order valence-corrected chi connectivity index (χ1v) is 9.64. The quantitative estimate of drug-likeness (QED) is 0.549. The maximum Gasteiger partial charge on any atom is 0.273 e. The zero-order chi connectivity index (χ0) is 18.1. The van der Waals surface area contributed by atoms with Crippen LogP contribution in [0, 0.1) is 9.87 Å². The lowest BCUT2D eigenvalue weighted by Gasteiger charge is -2.24. The molecule has 0 aliphatic heterocycles. The SMILES string of the molecule is C=CCn1c(=S)sc2c(=O)n(CC(=O)N(CC(C)C)C3CC3)cnc21. The van der Waals surface area contributed by atoms with Crippen molar-refractivity contribution in [2.24, 2.45) is 5.92 Å². The second-order valence-electron chi connectivity index (χ2n) is 6.77. The van der Waals surface area contributed by atoms with Crippen molar-refractivity contribution in [3.63, 3.8) is 0 Å². The topological polar surface area (TPSA) is 60.1 Å². The van der Waals surface area contributed by atoms with Crippen LogP contribution < -0.4 is 5.56 Å². The highest BCUT2D eigenvalue weighted by Gasteiger charge is 2.32. The van der Waals surface area contributed by atoms with Crippen LogP contribution in [-0.2, 0) is 17.9 Å². The summed E-state index contributed by atoms with van der Waals surface area (Å²) in [6.45, 7) is 9.16. The number of hydrogen-bond donors (Lipinski definition) is 0. The van der Waals surface area contributed by atoms with Gasteiger partial charge in [0, 0.05) is 19.1 Å². The number of thiazole rings is 1. The molecule has 2 aromatic rings. The molecule has 0 N–H and O–H groups in total. The molecule has 0 aromatic carbocycles. The Labute approximate surface area is 155 Å². The van der Waals surface area contributed by atoms with Gasteiger partial charge in [-0.1, -0.05) is 31.3 Å². The molecule has 1 fully saturated rings. The lowest BCUT2D eigenvalue weighted by atomic mass is 10.2. The average molecular weight is 379 g/mol. The molecule has 2 heterocycles. The van der Waals surface area contributed by atoms with Gasteiger partial charge in [0.25, 0.3) is 5.56 Å². The largest absolute Gasteiger partial charge is 0.338 e. The van der Waals surface area contributed by atoms with Gasteiger partial charge in [0.15, 0.2) is 9.60 Å². The molecule has 3 rings (SSSR count). The van der Waals surface area contributed by atoms with Gasteiger partial charge in [-0.15, -0.1) is 6.58 Å². The van der Waals surface area contributed by atoms with Gasteiger partial charge in [0.1, 0.15) is 17.6 Å². The van der Waals surface area contributed by atoms with E-state index in [1.807, 2.05) is 4.90 Å². The minimum Gasteiger partial charge on any atom is -0.338 e. The second-order valence-corrected chi connectivity index (χ2v) is 8.41. The number of allylic oxidation sites excluding steroid dienone is 1. The van der Waals surface area contributed by atoms with E-state index in [0.29, 0.717) is 32.8 Å². The summed E-state index contributed by atoms with van der Waals surface area (Å²) in [5.41, 5.74) is 0.349. The zero-order valence-corrected chi connectivity index (χ0v) is 16.1. The van der Waals surface area contributed by atoms with Crippen molar-refractivity contribution >= 4 is 39.8 Å². The first kappa shape index (κ1) is 18.0. The van der Waals surface area contributed by atoms with Crippen molar-refractivity contribution < 1.29 is 4.79 Å². The van der Waals surface area contributed by atoms with E-state index in [-0.39, 0.29) is 18.0 Å². The standard InChI is InChI=1S/C17H22N4O2S2/c1-4-7-20-15-14(25-17(20)24)16(23)19(10-18-15)9-13(22)21(8-11(2)3)12-5-6-12/h4,10-12H,1,5-9H2,2-3H3. The van der Waals surface area contributed by atoms with Crippen LogP contribution in [0.25, 0.3) is 10.3 Å². The smallest absolute Gasteiger partial charge is 0.273 e. The Morgan fingerprint density at radius 1 is 1.56 bits per heavy atom. The fourth-order valence-electron chi connectivity index (χ4n) is 2.85. The molecular formula is C17H22N4O2S2. The van der Waals surface area contributed by atoms with Crippen molar-refractivity contribution in [2.45, 2.75) is 45.8 Å². The molecule has 0 radical (unpaired) electrons. The van der Waals surface area contributed by atoms with E-state index in [0.717, 1.165) is 19.4 Å². The molecule has 8 heteroatoms. The van der Waals surface area contributed by atoms with Gasteiger partial charge in [-0.2, -0.15) is 0 Å². The predicted molar refractivity (Wildman–Crippen MR) is 102 cm³/mol. The Kier molecular flexibility index (Phi) is 5.19. The van der Waals surface area contributed by atoms with E-state index in [2.05, 4.69) is 25.4 Å². The van der Waals surface area contributed by atoms with Crippen LogP contribution in [0.3, 0.4) is 0 Å². The Morgan fingerprint density at radius 2 is 2.28 bits per heavy atom. The molecule has 0 unspecified atom stereocenters. The Morgan fingerprint density at radius 3 is 2.88 bits per heavy atom. The van der Waals surface area contributed by atoms with Gasteiger partial charge in [-0.3, -0.25) is 14.2 Å². The van der Waals surface area contributed by atoms with Crippen molar-refractivity contribution in [3.8, 4) is 0 Å². The molecule has 1 aliphatic carbocycles. The van der Waals surface area contributed by atoms with Gasteiger partial charge in [-0.25, -0.2) is 4.98 Å². The summed E-state index contributed by atoms with van der Waals surface area (Å²) in [4.78, 5) is 31.7. The monoisotopic (exact) mass is 378 g/mol. The number of hydrogen-bond acceptors (Lipinski definition) is 5. The summed E-state index contributed by atoms with van der Waals surface area (Å²) in [5.74, 6) is 0.383. The number of amides is 1. The van der Waals surface area contributed by atoms with Gasteiger partial charge in [0.05, 0.1) is 0 Å². The molecule has 25 heavy (non-hydrogen) atoms. The molecule has 0 spiro atoms. The van der Waals surface area contributed by atoms with Crippen molar-refractivity contribution in [2.75, 3.05) is 6.54 Å². The summed E-state index contributed by atoms with van der Waals surface area (Å²) in [5, 5.41) is 0. The highest BCUT2D eigenvalue weighted by molar-refractivity contribution is 7.73. The maximum absolute atomic E-state index is 12.7. The summed E-state index contributed by atoms with van der Waals surface area (Å²) in [7, 11) is 0. The fraction of sp³-hybridized carbons (Fsp3) is 0.529. The molecule has 0 saturated heterocycles. The molecule has 1 amide bonds. The number of carbonyl (C=O) groups is 1. The van der Waals surface area contributed by atoms with Gasteiger partial charge in [-0.05, 0) is 31.0 Å². The van der Waals surface area contributed by atoms with Crippen molar-refractivity contribution in [3.05, 3.63) is 33.3 Å². The third-order valence-electron chi connectivity index (χ3n) is 4.13. The highest BCUT2D eigenvalue weighted by Crippen LogP contribution is 2.28. The Hall–Kier alpha value is -1.80. The van der Waals surface area contributed by atoms with Gasteiger partial charge in [0.2, 0.25) is 5.91 Å². The van der Waals surface area contributed by atoms with Crippen LogP contribution in [0.5, 0.6) is 0 Å². The minimum atomic E-state index is -0.211. The summed E-state index contributed by atoms with van der Waals surface area (Å²) < 4.78 is 4.25. The van der Waals surface area contributed by atoms with E-state index in [4.69, 9.17) is 12.2 Å². The molecule has 6 nitrogen and oxygen atoms in total. The van der Waals surface area contributed by atoms with E-state index in [1.54, 1.807) is 10.6 Å². The van der Waals surface area contributed by atoms with E-state index in [1.165, 1.54) is 22.2 Å². The lowest BCUT2D eigenvalue weighted by molar-refractivity contribution is -0.133. The Bertz CT molecular complexity index is 921. The zero-order valence-electron chi connectivity index (χ0n) is 14.5. The van der Waals surface area contributed by atoms with Gasteiger partial charge < -0.3 is 9.47 Å². The predicted octanol–water partition coefficient (Wildman–Crippen LogP) is 2.82. The molecule has 1 saturated carbocycles. The number of nitrogens with zero attached hydrogens (tertiary/aromatic N) is 4. The molecule has 134 valence electrons. The van der Waals surface area contributed by atoms with Crippen LogP contribution in [-0.4, -0.2) is 37.5 Å². The van der Waals surface area contributed by atoms with Crippen molar-refractivity contribution in [1.82, 2.24) is 19.0 Å². The van der Waals surface area contributed by atoms with Crippen LogP contribution in [0.15, 0.2) is 23.8 Å². The minimum absolute atomic E-state index is 0.0198. The first-order chi connectivity index (χ1) is 11.9. The third kappa shape index (κ3) is 3.74. The van der Waals surface area contributed by atoms with Crippen LogP contribution in [0.2, 0.25) is 0 Å². The van der Waals surface area contributed by atoms with Crippen LogP contribution >= 0.6 is 23.6 Å². The third-order valence-corrected chi connectivity index (χ3v) is 5.56. The molecule has 2 aromatic heterocycles. The van der Waals surface area contributed by atoms with Crippen molar-refractivity contribution in [1.29, 1.82) is 0 Å². The number of carbonyl (C=O) groups excluding carboxylic acids is 1. The molecule has 0 bridgehead atoms. The Balaban J connectivity index is 1.90. The molecular weight excluding hydrogens is 356 g/mol. The number of rotatable bonds is 7. The summed E-state index contributed by atoms with van der Waals surface area (Å²) >= 11 is 6.54. The maximum atomic E-state index is 12.7. The average Bonchev–Trinajstić information content (AvgIpc) is 3.34. The van der Waals surface area contributed by atoms with E-state index >= 15 is 0 Å². The normalized spacial score (nSPS) is 14.2. The van der Waals surface area contributed by atoms with Gasteiger partial charge >= 0.3 is 0 Å². The number of aromatic nitrogens is 3. The fourth-order valence-corrected chi connectivity index (χ4v) is 4.16. The summed E-state index contributed by atoms with van der Waals surface area (Å²) in [6, 6.07) is 0.332. The molecule has 1 aliphatic rings. The van der Waals surface area contributed by atoms with E-state index < -0.39 is 0 Å². The lowest BCUT2D eigenvalue weighted by Crippen LogP contribution is -2.40. The highest BCUT2D eigenvalue weighted by atomic mass is 32.1. The second kappa shape index (κ2) is 7.21. The van der Waals surface area contributed by atoms with Crippen LogP contribution in [0.4, 0.5) is 0 Å². The number of fused-ring (bicyclic) bond motifs is 1. The summed E-state index contributed by atoms with van der Waals surface area (Å²) in [6.07, 6.45) is 5.27. The molecule has 0 atom stereocenters. The first-order valence-electron chi connectivity index (χ1n) is 8.41.